The van der Waals surface area contributed by atoms with Crippen LogP contribution in [0.15, 0.2) is 30.3 Å². The minimum Gasteiger partial charge on any atom is -0.496 e. The molecule has 0 amide bonds. The fourth-order valence-corrected chi connectivity index (χ4v) is 2.39. The van der Waals surface area contributed by atoms with E-state index in [-0.39, 0.29) is 17.0 Å². The third kappa shape index (κ3) is 2.46. The average Bonchev–Trinajstić information content (AvgIpc) is 3.30. The van der Waals surface area contributed by atoms with Crippen molar-refractivity contribution in [2.24, 2.45) is 0 Å². The SMILES string of the molecule is COc1cccc(F)c1-c1ccc(C(=O)O)c(C2CC2)n1. The van der Waals surface area contributed by atoms with Crippen LogP contribution in [0.25, 0.3) is 11.3 Å². The van der Waals surface area contributed by atoms with Gasteiger partial charge in [0.25, 0.3) is 0 Å². The molecule has 1 heterocycles. The Kier molecular flexibility index (Phi) is 3.33. The van der Waals surface area contributed by atoms with E-state index in [0.29, 0.717) is 17.1 Å². The van der Waals surface area contributed by atoms with Crippen LogP contribution in [-0.2, 0) is 0 Å². The van der Waals surface area contributed by atoms with Crippen LogP contribution in [-0.4, -0.2) is 23.2 Å². The van der Waals surface area contributed by atoms with Gasteiger partial charge in [0, 0.05) is 5.92 Å². The van der Waals surface area contributed by atoms with Crippen molar-refractivity contribution in [3.05, 3.63) is 47.4 Å². The highest BCUT2D eigenvalue weighted by Gasteiger charge is 2.30. The van der Waals surface area contributed by atoms with Crippen LogP contribution in [0.2, 0.25) is 0 Å². The fraction of sp³-hybridized carbons (Fsp3) is 0.250. The highest BCUT2D eigenvalue weighted by atomic mass is 19.1. The number of ether oxygens (including phenoxy) is 1. The molecule has 1 saturated carbocycles. The van der Waals surface area contributed by atoms with E-state index in [1.54, 1.807) is 12.1 Å². The van der Waals surface area contributed by atoms with E-state index in [9.17, 15) is 14.3 Å². The zero-order valence-electron chi connectivity index (χ0n) is 11.5. The van der Waals surface area contributed by atoms with Gasteiger partial charge in [0.1, 0.15) is 11.6 Å². The van der Waals surface area contributed by atoms with Crippen molar-refractivity contribution in [2.75, 3.05) is 7.11 Å². The zero-order valence-corrected chi connectivity index (χ0v) is 11.5. The Morgan fingerprint density at radius 3 is 2.71 bits per heavy atom. The molecule has 21 heavy (non-hydrogen) atoms. The van der Waals surface area contributed by atoms with Gasteiger partial charge in [-0.25, -0.2) is 9.18 Å². The first-order valence-electron chi connectivity index (χ1n) is 6.69. The van der Waals surface area contributed by atoms with Gasteiger partial charge in [0.15, 0.2) is 0 Å². The van der Waals surface area contributed by atoms with Gasteiger partial charge in [-0.1, -0.05) is 6.07 Å². The number of methoxy groups -OCH3 is 1. The Balaban J connectivity index is 2.16. The van der Waals surface area contributed by atoms with Crippen molar-refractivity contribution in [1.29, 1.82) is 0 Å². The van der Waals surface area contributed by atoms with Crippen molar-refractivity contribution in [3.63, 3.8) is 0 Å². The highest BCUT2D eigenvalue weighted by Crippen LogP contribution is 2.42. The summed E-state index contributed by atoms with van der Waals surface area (Å²) in [6, 6.07) is 7.56. The number of carboxylic acids is 1. The van der Waals surface area contributed by atoms with Crippen molar-refractivity contribution in [2.45, 2.75) is 18.8 Å². The molecule has 0 unspecified atom stereocenters. The molecular formula is C16H14FNO3. The number of benzene rings is 1. The molecule has 0 radical (unpaired) electrons. The Labute approximate surface area is 121 Å². The molecular weight excluding hydrogens is 273 g/mol. The van der Waals surface area contributed by atoms with E-state index in [0.717, 1.165) is 12.8 Å². The number of carbonyl (C=O) groups is 1. The average molecular weight is 287 g/mol. The molecule has 1 aliphatic carbocycles. The predicted molar refractivity (Wildman–Crippen MR) is 75.1 cm³/mol. The molecule has 5 heteroatoms. The summed E-state index contributed by atoms with van der Waals surface area (Å²) in [5.74, 6) is -0.899. The van der Waals surface area contributed by atoms with Gasteiger partial charge in [0.2, 0.25) is 0 Å². The molecule has 1 aliphatic rings. The lowest BCUT2D eigenvalue weighted by atomic mass is 10.0. The number of aromatic carboxylic acids is 1. The molecule has 0 spiro atoms. The predicted octanol–water partition coefficient (Wildman–Crippen LogP) is 3.47. The largest absolute Gasteiger partial charge is 0.496 e. The van der Waals surface area contributed by atoms with Crippen LogP contribution < -0.4 is 4.74 Å². The first kappa shape index (κ1) is 13.5. The fourth-order valence-electron chi connectivity index (χ4n) is 2.39. The van der Waals surface area contributed by atoms with Crippen molar-refractivity contribution >= 4 is 5.97 Å². The third-order valence-electron chi connectivity index (χ3n) is 3.57. The second-order valence-electron chi connectivity index (χ2n) is 5.03. The highest BCUT2D eigenvalue weighted by molar-refractivity contribution is 5.90. The number of hydrogen-bond acceptors (Lipinski definition) is 3. The summed E-state index contributed by atoms with van der Waals surface area (Å²) in [6.45, 7) is 0. The Morgan fingerprint density at radius 1 is 1.33 bits per heavy atom. The number of hydrogen-bond donors (Lipinski definition) is 1. The number of nitrogens with zero attached hydrogens (tertiary/aromatic N) is 1. The van der Waals surface area contributed by atoms with Crippen LogP contribution in [0.1, 0.15) is 34.8 Å². The summed E-state index contributed by atoms with van der Waals surface area (Å²) in [5.41, 5.74) is 1.39. The van der Waals surface area contributed by atoms with Gasteiger partial charge in [0.05, 0.1) is 29.6 Å². The topological polar surface area (TPSA) is 59.4 Å². The molecule has 3 rings (SSSR count). The first-order valence-corrected chi connectivity index (χ1v) is 6.69. The van der Waals surface area contributed by atoms with E-state index in [2.05, 4.69) is 4.98 Å². The van der Waals surface area contributed by atoms with E-state index in [4.69, 9.17) is 4.74 Å². The number of carboxylic acid groups (broad SMARTS) is 1. The summed E-state index contributed by atoms with van der Waals surface area (Å²) in [5, 5.41) is 9.22. The molecule has 2 aromatic rings. The molecule has 1 aromatic heterocycles. The van der Waals surface area contributed by atoms with Crippen molar-refractivity contribution in [1.82, 2.24) is 4.98 Å². The smallest absolute Gasteiger partial charge is 0.337 e. The quantitative estimate of drug-likeness (QED) is 0.935. The molecule has 0 saturated heterocycles. The molecule has 0 atom stereocenters. The Bertz CT molecular complexity index is 711. The van der Waals surface area contributed by atoms with Crippen LogP contribution in [0.4, 0.5) is 4.39 Å². The maximum absolute atomic E-state index is 14.1. The van der Waals surface area contributed by atoms with E-state index in [1.807, 2.05) is 0 Å². The number of aromatic nitrogens is 1. The lowest BCUT2D eigenvalue weighted by Crippen LogP contribution is -2.05. The minimum absolute atomic E-state index is 0.161. The second kappa shape index (κ2) is 5.16. The molecule has 0 aliphatic heterocycles. The number of rotatable bonds is 4. The maximum Gasteiger partial charge on any atom is 0.337 e. The summed E-state index contributed by atoms with van der Waals surface area (Å²) in [6.07, 6.45) is 1.84. The molecule has 1 fully saturated rings. The first-order chi connectivity index (χ1) is 10.1. The Hall–Kier alpha value is -2.43. The van der Waals surface area contributed by atoms with Gasteiger partial charge in [-0.15, -0.1) is 0 Å². The lowest BCUT2D eigenvalue weighted by Gasteiger charge is -2.11. The van der Waals surface area contributed by atoms with Crippen molar-refractivity contribution in [3.8, 4) is 17.0 Å². The lowest BCUT2D eigenvalue weighted by molar-refractivity contribution is 0.0695. The van der Waals surface area contributed by atoms with Crippen LogP contribution in [0, 0.1) is 5.82 Å². The maximum atomic E-state index is 14.1. The van der Waals surface area contributed by atoms with E-state index in [1.165, 1.54) is 25.3 Å². The molecule has 1 aromatic carbocycles. The van der Waals surface area contributed by atoms with E-state index >= 15 is 0 Å². The van der Waals surface area contributed by atoms with Gasteiger partial charge in [-0.05, 0) is 37.1 Å². The van der Waals surface area contributed by atoms with Gasteiger partial charge in [-0.2, -0.15) is 0 Å². The summed E-state index contributed by atoms with van der Waals surface area (Å²) in [4.78, 5) is 15.6. The van der Waals surface area contributed by atoms with Gasteiger partial charge < -0.3 is 9.84 Å². The number of halogens is 1. The molecule has 0 bridgehead atoms. The van der Waals surface area contributed by atoms with Gasteiger partial charge >= 0.3 is 5.97 Å². The Morgan fingerprint density at radius 2 is 2.10 bits per heavy atom. The number of pyridine rings is 1. The van der Waals surface area contributed by atoms with Crippen LogP contribution in [0.3, 0.4) is 0 Å². The standard InChI is InChI=1S/C16H14FNO3/c1-21-13-4-2-3-11(17)14(13)12-8-7-10(16(19)20)15(18-12)9-5-6-9/h2-4,7-9H,5-6H2,1H3,(H,19,20). The third-order valence-corrected chi connectivity index (χ3v) is 3.57. The van der Waals surface area contributed by atoms with Gasteiger partial charge in [-0.3, -0.25) is 4.98 Å². The summed E-state index contributed by atoms with van der Waals surface area (Å²) in [7, 11) is 1.46. The van der Waals surface area contributed by atoms with Crippen LogP contribution in [0.5, 0.6) is 5.75 Å². The van der Waals surface area contributed by atoms with Crippen molar-refractivity contribution < 1.29 is 19.0 Å². The summed E-state index contributed by atoms with van der Waals surface area (Å²) >= 11 is 0. The minimum atomic E-state index is -1.00. The van der Waals surface area contributed by atoms with Crippen LogP contribution >= 0.6 is 0 Å². The van der Waals surface area contributed by atoms with E-state index < -0.39 is 11.8 Å². The summed E-state index contributed by atoms with van der Waals surface area (Å²) < 4.78 is 19.3. The molecule has 1 N–H and O–H groups in total. The normalized spacial score (nSPS) is 14.0. The second-order valence-corrected chi connectivity index (χ2v) is 5.03. The molecule has 108 valence electrons. The molecule has 4 nitrogen and oxygen atoms in total. The zero-order chi connectivity index (χ0) is 15.0. The monoisotopic (exact) mass is 287 g/mol.